The summed E-state index contributed by atoms with van der Waals surface area (Å²) in [5.41, 5.74) is 2.66. The Morgan fingerprint density at radius 1 is 0.848 bits per heavy atom. The summed E-state index contributed by atoms with van der Waals surface area (Å²) >= 11 is 0. The molecule has 3 rings (SSSR count). The average Bonchev–Trinajstić information content (AvgIpc) is 2.77. The van der Waals surface area contributed by atoms with Gasteiger partial charge >= 0.3 is 6.18 Å². The van der Waals surface area contributed by atoms with Crippen LogP contribution in [0.4, 0.5) is 22.0 Å². The second-order valence-corrected chi connectivity index (χ2v) is 9.30. The molecule has 0 spiro atoms. The van der Waals surface area contributed by atoms with E-state index in [9.17, 15) is 22.0 Å². The Labute approximate surface area is 193 Å². The average molecular weight is 465 g/mol. The largest absolute Gasteiger partial charge is 0.409 e. The lowest BCUT2D eigenvalue weighted by Crippen LogP contribution is -2.14. The molecule has 0 aliphatic heterocycles. The predicted molar refractivity (Wildman–Crippen MR) is 124 cm³/mol. The Kier molecular flexibility index (Phi) is 9.10. The highest BCUT2D eigenvalue weighted by atomic mass is 19.4. The van der Waals surface area contributed by atoms with Gasteiger partial charge in [-0.25, -0.2) is 8.78 Å². The van der Waals surface area contributed by atoms with Crippen LogP contribution in [-0.2, 0) is 12.8 Å². The number of halogens is 5. The van der Waals surface area contributed by atoms with E-state index in [2.05, 4.69) is 31.2 Å². The number of hydrogen-bond acceptors (Lipinski definition) is 0. The van der Waals surface area contributed by atoms with Gasteiger partial charge in [0, 0.05) is 11.6 Å². The molecular formula is C28H33F5. The van der Waals surface area contributed by atoms with Crippen molar-refractivity contribution >= 4 is 6.08 Å². The third-order valence-corrected chi connectivity index (χ3v) is 6.79. The standard InChI is InChI=1S/C28H33F5/c1-2-3-4-5-20-8-12-23(13-9-20)24-14-10-21(11-15-24)6-7-22-18-26(29)25(27(30)19-22)16-17-28(31,32)33/h8-9,12-13,16-19,21,24H,2-7,10-11,14-15H2,1H3/b17-16+. The van der Waals surface area contributed by atoms with E-state index in [0.717, 1.165) is 50.7 Å². The van der Waals surface area contributed by atoms with Crippen LogP contribution < -0.4 is 0 Å². The summed E-state index contributed by atoms with van der Waals surface area (Å²) in [6.07, 6.45) is 6.34. The zero-order valence-corrected chi connectivity index (χ0v) is 19.2. The van der Waals surface area contributed by atoms with E-state index in [1.165, 1.54) is 30.4 Å². The number of unbranched alkanes of at least 4 members (excludes halogenated alkanes) is 2. The van der Waals surface area contributed by atoms with Crippen molar-refractivity contribution in [1.82, 2.24) is 0 Å². The van der Waals surface area contributed by atoms with Crippen LogP contribution in [0.5, 0.6) is 0 Å². The lowest BCUT2D eigenvalue weighted by atomic mass is 9.76. The van der Waals surface area contributed by atoms with Crippen molar-refractivity contribution in [2.75, 3.05) is 0 Å². The molecule has 0 unspecified atom stereocenters. The van der Waals surface area contributed by atoms with Crippen molar-refractivity contribution in [2.24, 2.45) is 5.92 Å². The van der Waals surface area contributed by atoms with Crippen LogP contribution in [-0.4, -0.2) is 6.18 Å². The third kappa shape index (κ3) is 7.97. The number of allylic oxidation sites excluding steroid dienone is 1. The van der Waals surface area contributed by atoms with Crippen LogP contribution in [0.3, 0.4) is 0 Å². The molecular weight excluding hydrogens is 431 g/mol. The SMILES string of the molecule is CCCCCc1ccc(C2CCC(CCc3cc(F)c(/C=C/C(F)(F)F)c(F)c3)CC2)cc1. The Morgan fingerprint density at radius 2 is 1.48 bits per heavy atom. The lowest BCUT2D eigenvalue weighted by molar-refractivity contribution is -0.0790. The quantitative estimate of drug-likeness (QED) is 0.256. The molecule has 0 nitrogen and oxygen atoms in total. The van der Waals surface area contributed by atoms with Crippen molar-refractivity contribution in [2.45, 2.75) is 83.2 Å². The van der Waals surface area contributed by atoms with Gasteiger partial charge in [0.1, 0.15) is 11.6 Å². The van der Waals surface area contributed by atoms with Crippen molar-refractivity contribution < 1.29 is 22.0 Å². The Morgan fingerprint density at radius 3 is 2.06 bits per heavy atom. The number of rotatable bonds is 9. The number of aryl methyl sites for hydroxylation is 2. The van der Waals surface area contributed by atoms with Gasteiger partial charge in [0.15, 0.2) is 0 Å². The Balaban J connectivity index is 1.48. The van der Waals surface area contributed by atoms with Gasteiger partial charge in [-0.1, -0.05) is 44.0 Å². The van der Waals surface area contributed by atoms with Gasteiger partial charge in [0.05, 0.1) is 0 Å². The lowest BCUT2D eigenvalue weighted by Gasteiger charge is -2.29. The minimum atomic E-state index is -4.60. The van der Waals surface area contributed by atoms with E-state index in [4.69, 9.17) is 0 Å². The fourth-order valence-electron chi connectivity index (χ4n) is 4.81. The molecule has 1 saturated carbocycles. The smallest absolute Gasteiger partial charge is 0.206 e. The van der Waals surface area contributed by atoms with Crippen LogP contribution in [0.25, 0.3) is 6.08 Å². The van der Waals surface area contributed by atoms with E-state index in [-0.39, 0.29) is 6.08 Å². The van der Waals surface area contributed by atoms with Crippen LogP contribution in [0, 0.1) is 17.6 Å². The number of alkyl halides is 3. The van der Waals surface area contributed by atoms with Gasteiger partial charge in [0.25, 0.3) is 0 Å². The Hall–Kier alpha value is -2.17. The van der Waals surface area contributed by atoms with Crippen LogP contribution in [0.15, 0.2) is 42.5 Å². The van der Waals surface area contributed by atoms with Crippen molar-refractivity contribution in [1.29, 1.82) is 0 Å². The zero-order chi connectivity index (χ0) is 23.8. The molecule has 0 heterocycles. The molecule has 0 radical (unpaired) electrons. The first-order valence-electron chi connectivity index (χ1n) is 12.1. The van der Waals surface area contributed by atoms with Gasteiger partial charge in [-0.2, -0.15) is 13.2 Å². The van der Waals surface area contributed by atoms with E-state index in [1.807, 2.05) is 0 Å². The maximum Gasteiger partial charge on any atom is 0.409 e. The van der Waals surface area contributed by atoms with Crippen molar-refractivity contribution in [3.05, 3.63) is 76.4 Å². The van der Waals surface area contributed by atoms with Crippen molar-refractivity contribution in [3.63, 3.8) is 0 Å². The third-order valence-electron chi connectivity index (χ3n) is 6.79. The maximum atomic E-state index is 14.1. The van der Waals surface area contributed by atoms with Gasteiger partial charge in [-0.15, -0.1) is 0 Å². The summed E-state index contributed by atoms with van der Waals surface area (Å²) in [6, 6.07) is 11.4. The zero-order valence-electron chi connectivity index (χ0n) is 19.2. The summed E-state index contributed by atoms with van der Waals surface area (Å²) < 4.78 is 65.2. The molecule has 1 aliphatic carbocycles. The predicted octanol–water partition coefficient (Wildman–Crippen LogP) is 9.18. The topological polar surface area (TPSA) is 0 Å². The molecule has 33 heavy (non-hydrogen) atoms. The highest BCUT2D eigenvalue weighted by molar-refractivity contribution is 5.52. The number of hydrogen-bond donors (Lipinski definition) is 0. The van der Waals surface area contributed by atoms with E-state index in [1.54, 1.807) is 0 Å². The minimum Gasteiger partial charge on any atom is -0.206 e. The van der Waals surface area contributed by atoms with Crippen molar-refractivity contribution in [3.8, 4) is 0 Å². The number of benzene rings is 2. The van der Waals surface area contributed by atoms with E-state index < -0.39 is 23.4 Å². The molecule has 2 aromatic carbocycles. The first-order chi connectivity index (χ1) is 15.7. The van der Waals surface area contributed by atoms with Gasteiger partial charge in [-0.05, 0) is 98.1 Å². The Bertz CT molecular complexity index is 880. The maximum absolute atomic E-state index is 14.1. The molecule has 1 aliphatic rings. The van der Waals surface area contributed by atoms with E-state index in [0.29, 0.717) is 29.9 Å². The van der Waals surface area contributed by atoms with Crippen LogP contribution >= 0.6 is 0 Å². The normalized spacial score (nSPS) is 19.3. The molecule has 0 N–H and O–H groups in total. The molecule has 5 heteroatoms. The second-order valence-electron chi connectivity index (χ2n) is 9.30. The molecule has 0 bridgehead atoms. The molecule has 2 aromatic rings. The fraction of sp³-hybridized carbons (Fsp3) is 0.500. The first kappa shape index (κ1) is 25.5. The molecule has 1 fully saturated rings. The molecule has 0 atom stereocenters. The molecule has 0 aromatic heterocycles. The fourth-order valence-corrected chi connectivity index (χ4v) is 4.81. The molecule has 180 valence electrons. The molecule has 0 saturated heterocycles. The summed E-state index contributed by atoms with van der Waals surface area (Å²) in [7, 11) is 0. The van der Waals surface area contributed by atoms with E-state index >= 15 is 0 Å². The highest BCUT2D eigenvalue weighted by Crippen LogP contribution is 2.37. The highest BCUT2D eigenvalue weighted by Gasteiger charge is 2.24. The summed E-state index contributed by atoms with van der Waals surface area (Å²) in [5, 5.41) is 0. The van der Waals surface area contributed by atoms with Gasteiger partial charge in [-0.3, -0.25) is 0 Å². The first-order valence-corrected chi connectivity index (χ1v) is 12.1. The minimum absolute atomic E-state index is 0.146. The monoisotopic (exact) mass is 464 g/mol. The molecule has 0 amide bonds. The second kappa shape index (κ2) is 11.8. The van der Waals surface area contributed by atoms with Gasteiger partial charge in [0.2, 0.25) is 0 Å². The van der Waals surface area contributed by atoms with Gasteiger partial charge < -0.3 is 0 Å². The summed E-state index contributed by atoms with van der Waals surface area (Å²) in [5.74, 6) is -0.828. The van der Waals surface area contributed by atoms with Crippen LogP contribution in [0.2, 0.25) is 0 Å². The summed E-state index contributed by atoms with van der Waals surface area (Å²) in [4.78, 5) is 0. The van der Waals surface area contributed by atoms with Crippen LogP contribution in [0.1, 0.15) is 86.5 Å². The summed E-state index contributed by atoms with van der Waals surface area (Å²) in [6.45, 7) is 2.21.